The molecule has 2 rings (SSSR count). The minimum atomic E-state index is -4.29. The van der Waals surface area contributed by atoms with Crippen LogP contribution in [0.2, 0.25) is 0 Å². The lowest BCUT2D eigenvalue weighted by molar-refractivity contribution is -0.137. The molecule has 20 heavy (non-hydrogen) atoms. The third-order valence-corrected chi connectivity index (χ3v) is 3.83. The van der Waals surface area contributed by atoms with E-state index in [0.29, 0.717) is 0 Å². The number of hydrogen-bond acceptors (Lipinski definition) is 2. The first-order valence-corrected chi connectivity index (χ1v) is 6.86. The number of rotatable bonds is 3. The van der Waals surface area contributed by atoms with E-state index < -0.39 is 11.7 Å². The molecule has 1 fully saturated rings. The van der Waals surface area contributed by atoms with E-state index in [1.54, 1.807) is 0 Å². The summed E-state index contributed by atoms with van der Waals surface area (Å²) in [5.74, 6) is 0. The van der Waals surface area contributed by atoms with Gasteiger partial charge in [0.2, 0.25) is 0 Å². The Labute approximate surface area is 117 Å². The second-order valence-electron chi connectivity index (χ2n) is 5.58. The predicted octanol–water partition coefficient (Wildman–Crippen LogP) is 3.93. The fourth-order valence-electron chi connectivity index (χ4n) is 2.51. The van der Waals surface area contributed by atoms with E-state index >= 15 is 0 Å². The average molecular weight is 287 g/mol. The third-order valence-electron chi connectivity index (χ3n) is 3.83. The van der Waals surface area contributed by atoms with Gasteiger partial charge in [0.05, 0.1) is 17.3 Å². The largest absolute Gasteiger partial charge is 0.416 e. The van der Waals surface area contributed by atoms with E-state index in [9.17, 15) is 13.2 Å². The number of benzene rings is 1. The Kier molecular flexibility index (Phi) is 4.39. The molecule has 1 aromatic carbocycles. The molecule has 0 saturated carbocycles. The quantitative estimate of drug-likeness (QED) is 0.909. The molecule has 5 heteroatoms. The van der Waals surface area contributed by atoms with Gasteiger partial charge in [-0.1, -0.05) is 12.1 Å². The fourth-order valence-corrected chi connectivity index (χ4v) is 2.51. The van der Waals surface area contributed by atoms with E-state index in [4.69, 9.17) is 4.74 Å². The van der Waals surface area contributed by atoms with Crippen molar-refractivity contribution < 1.29 is 17.9 Å². The van der Waals surface area contributed by atoms with Crippen molar-refractivity contribution in [1.82, 2.24) is 5.32 Å². The van der Waals surface area contributed by atoms with Crippen LogP contribution in [0.4, 0.5) is 13.2 Å². The first kappa shape index (κ1) is 15.3. The summed E-state index contributed by atoms with van der Waals surface area (Å²) in [7, 11) is 0. The van der Waals surface area contributed by atoms with E-state index in [1.807, 2.05) is 6.92 Å². The van der Waals surface area contributed by atoms with Gasteiger partial charge in [0.25, 0.3) is 0 Å². The number of piperidine rings is 1. The van der Waals surface area contributed by atoms with Crippen molar-refractivity contribution in [3.8, 4) is 0 Å². The van der Waals surface area contributed by atoms with Gasteiger partial charge in [-0.05, 0) is 57.5 Å². The smallest absolute Gasteiger partial charge is 0.368 e. The Bertz CT molecular complexity index is 435. The monoisotopic (exact) mass is 287 g/mol. The zero-order chi connectivity index (χ0) is 14.8. The van der Waals surface area contributed by atoms with Crippen LogP contribution in [0.3, 0.4) is 0 Å². The van der Waals surface area contributed by atoms with Gasteiger partial charge >= 0.3 is 6.18 Å². The second kappa shape index (κ2) is 5.74. The molecule has 1 aliphatic rings. The van der Waals surface area contributed by atoms with Crippen molar-refractivity contribution in [3.63, 3.8) is 0 Å². The molecule has 2 nitrogen and oxygen atoms in total. The standard InChI is InChI=1S/C15H20F3NO/c1-11(20-14(2)7-9-19-10-8-14)12-3-5-13(6-4-12)15(16,17)18/h3-6,11,19H,7-10H2,1-2H3. The van der Waals surface area contributed by atoms with E-state index in [0.717, 1.165) is 43.6 Å². The van der Waals surface area contributed by atoms with Crippen LogP contribution in [0.25, 0.3) is 0 Å². The van der Waals surface area contributed by atoms with Gasteiger partial charge in [-0.3, -0.25) is 0 Å². The molecule has 0 spiro atoms. The van der Waals surface area contributed by atoms with E-state index in [-0.39, 0.29) is 11.7 Å². The molecule has 0 aliphatic carbocycles. The summed E-state index contributed by atoms with van der Waals surface area (Å²) < 4.78 is 43.6. The highest BCUT2D eigenvalue weighted by Crippen LogP contribution is 2.33. The first-order valence-electron chi connectivity index (χ1n) is 6.86. The van der Waals surface area contributed by atoms with Crippen LogP contribution in [0, 0.1) is 0 Å². The van der Waals surface area contributed by atoms with Crippen molar-refractivity contribution in [2.45, 2.75) is 44.6 Å². The first-order chi connectivity index (χ1) is 9.30. The molecule has 1 aromatic rings. The second-order valence-corrected chi connectivity index (χ2v) is 5.58. The maximum atomic E-state index is 12.5. The maximum absolute atomic E-state index is 12.5. The zero-order valence-electron chi connectivity index (χ0n) is 11.8. The number of hydrogen-bond donors (Lipinski definition) is 1. The molecule has 0 bridgehead atoms. The van der Waals surface area contributed by atoms with Crippen LogP contribution in [0.15, 0.2) is 24.3 Å². The van der Waals surface area contributed by atoms with Crippen LogP contribution in [0.1, 0.15) is 43.9 Å². The molecule has 0 aromatic heterocycles. The van der Waals surface area contributed by atoms with Gasteiger partial charge in [0, 0.05) is 0 Å². The Balaban J connectivity index is 2.04. The summed E-state index contributed by atoms with van der Waals surface area (Å²) in [6.45, 7) is 5.77. The molecule has 1 aliphatic heterocycles. The summed E-state index contributed by atoms with van der Waals surface area (Å²) in [6, 6.07) is 5.22. The Morgan fingerprint density at radius 3 is 2.20 bits per heavy atom. The molecule has 1 atom stereocenters. The molecule has 0 radical (unpaired) electrons. The highest BCUT2D eigenvalue weighted by Gasteiger charge is 2.32. The van der Waals surface area contributed by atoms with Crippen molar-refractivity contribution in [2.75, 3.05) is 13.1 Å². The summed E-state index contributed by atoms with van der Waals surface area (Å²) in [6.07, 6.45) is -2.67. The van der Waals surface area contributed by atoms with E-state index in [1.165, 1.54) is 12.1 Å². The summed E-state index contributed by atoms with van der Waals surface area (Å²) in [5.41, 5.74) is -0.0489. The Morgan fingerprint density at radius 2 is 1.70 bits per heavy atom. The zero-order valence-corrected chi connectivity index (χ0v) is 11.8. The minimum absolute atomic E-state index is 0.201. The summed E-state index contributed by atoms with van der Waals surface area (Å²) in [5, 5.41) is 3.27. The van der Waals surface area contributed by atoms with Crippen LogP contribution in [-0.4, -0.2) is 18.7 Å². The van der Waals surface area contributed by atoms with Gasteiger partial charge in [0.1, 0.15) is 0 Å². The average Bonchev–Trinajstić information content (AvgIpc) is 2.38. The lowest BCUT2D eigenvalue weighted by atomic mass is 9.94. The summed E-state index contributed by atoms with van der Waals surface area (Å²) in [4.78, 5) is 0. The molecule has 1 N–H and O–H groups in total. The minimum Gasteiger partial charge on any atom is -0.368 e. The van der Waals surface area contributed by atoms with Gasteiger partial charge in [-0.15, -0.1) is 0 Å². The van der Waals surface area contributed by atoms with E-state index in [2.05, 4.69) is 12.2 Å². The normalized spacial score (nSPS) is 20.6. The molecule has 1 unspecified atom stereocenters. The lowest BCUT2D eigenvalue weighted by Gasteiger charge is -2.36. The van der Waals surface area contributed by atoms with Gasteiger partial charge in [0.15, 0.2) is 0 Å². The highest BCUT2D eigenvalue weighted by molar-refractivity contribution is 5.26. The van der Waals surface area contributed by atoms with Crippen molar-refractivity contribution in [3.05, 3.63) is 35.4 Å². The SMILES string of the molecule is CC(OC1(C)CCNCC1)c1ccc(C(F)(F)F)cc1. The van der Waals surface area contributed by atoms with Crippen molar-refractivity contribution >= 4 is 0 Å². The Morgan fingerprint density at radius 1 is 1.15 bits per heavy atom. The van der Waals surface area contributed by atoms with Crippen molar-refractivity contribution in [2.24, 2.45) is 0 Å². The fraction of sp³-hybridized carbons (Fsp3) is 0.600. The van der Waals surface area contributed by atoms with Crippen molar-refractivity contribution in [1.29, 1.82) is 0 Å². The molecule has 1 saturated heterocycles. The molecule has 1 heterocycles. The van der Waals surface area contributed by atoms with Crippen LogP contribution >= 0.6 is 0 Å². The lowest BCUT2D eigenvalue weighted by Crippen LogP contribution is -2.42. The van der Waals surface area contributed by atoms with Crippen LogP contribution < -0.4 is 5.32 Å². The van der Waals surface area contributed by atoms with Crippen LogP contribution in [-0.2, 0) is 10.9 Å². The molecule has 112 valence electrons. The van der Waals surface area contributed by atoms with Gasteiger partial charge < -0.3 is 10.1 Å². The topological polar surface area (TPSA) is 21.3 Å². The molecular weight excluding hydrogens is 267 g/mol. The predicted molar refractivity (Wildman–Crippen MR) is 71.5 cm³/mol. The van der Waals surface area contributed by atoms with Gasteiger partial charge in [-0.2, -0.15) is 13.2 Å². The van der Waals surface area contributed by atoms with Gasteiger partial charge in [-0.25, -0.2) is 0 Å². The molecule has 0 amide bonds. The molecular formula is C15H20F3NO. The highest BCUT2D eigenvalue weighted by atomic mass is 19.4. The Hall–Kier alpha value is -1.07. The number of halogens is 3. The number of alkyl halides is 3. The third kappa shape index (κ3) is 3.73. The number of nitrogens with one attached hydrogen (secondary N) is 1. The number of ether oxygens (including phenoxy) is 1. The summed E-state index contributed by atoms with van der Waals surface area (Å²) >= 11 is 0. The maximum Gasteiger partial charge on any atom is 0.416 e. The van der Waals surface area contributed by atoms with Crippen LogP contribution in [0.5, 0.6) is 0 Å².